The van der Waals surface area contributed by atoms with Gasteiger partial charge in [-0.15, -0.1) is 0 Å². The molecule has 2 heteroatoms. The van der Waals surface area contributed by atoms with Gasteiger partial charge in [-0.1, -0.05) is 6.42 Å². The summed E-state index contributed by atoms with van der Waals surface area (Å²) < 4.78 is 2.22. The van der Waals surface area contributed by atoms with Gasteiger partial charge in [0.1, 0.15) is 0 Å². The van der Waals surface area contributed by atoms with Gasteiger partial charge in [-0.25, -0.2) is 0 Å². The van der Waals surface area contributed by atoms with Gasteiger partial charge in [-0.05, 0) is 38.1 Å². The van der Waals surface area contributed by atoms with Crippen molar-refractivity contribution in [2.45, 2.75) is 25.8 Å². The Morgan fingerprint density at radius 3 is 2.62 bits per heavy atom. The normalized spacial score (nSPS) is 19.2. The zero-order valence-corrected chi connectivity index (χ0v) is 8.37. The summed E-state index contributed by atoms with van der Waals surface area (Å²) >= 11 is 0. The Bertz CT molecular complexity index is 259. The van der Waals surface area contributed by atoms with Crippen molar-refractivity contribution in [2.75, 3.05) is 13.1 Å². The quantitative estimate of drug-likeness (QED) is 0.672. The molecule has 0 saturated carbocycles. The van der Waals surface area contributed by atoms with E-state index in [0.29, 0.717) is 0 Å². The summed E-state index contributed by atoms with van der Waals surface area (Å²) in [6.45, 7) is 3.69. The highest BCUT2D eigenvalue weighted by Crippen LogP contribution is 2.12. The van der Waals surface area contributed by atoms with Crippen LogP contribution in [0.15, 0.2) is 18.3 Å². The van der Waals surface area contributed by atoms with Gasteiger partial charge in [0, 0.05) is 25.5 Å². The summed E-state index contributed by atoms with van der Waals surface area (Å²) in [6.07, 6.45) is 6.30. The van der Waals surface area contributed by atoms with E-state index >= 15 is 0 Å². The Labute approximate surface area is 80.2 Å². The number of likely N-dealkylation sites (tertiary alicyclic amines) is 1. The van der Waals surface area contributed by atoms with Crippen molar-refractivity contribution < 1.29 is 0 Å². The van der Waals surface area contributed by atoms with Crippen LogP contribution in [0.3, 0.4) is 0 Å². The van der Waals surface area contributed by atoms with Crippen LogP contribution in [0.4, 0.5) is 0 Å². The zero-order chi connectivity index (χ0) is 9.10. The molecular weight excluding hydrogens is 160 g/mol. The van der Waals surface area contributed by atoms with Crippen LogP contribution >= 0.6 is 0 Å². The third-order valence-electron chi connectivity index (χ3n) is 2.89. The van der Waals surface area contributed by atoms with E-state index in [1.165, 1.54) is 38.0 Å². The minimum absolute atomic E-state index is 1.13. The molecule has 13 heavy (non-hydrogen) atoms. The fraction of sp³-hybridized carbons (Fsp3) is 0.636. The maximum absolute atomic E-state index is 2.55. The van der Waals surface area contributed by atoms with Crippen molar-refractivity contribution in [2.24, 2.45) is 7.05 Å². The van der Waals surface area contributed by atoms with E-state index in [2.05, 4.69) is 34.8 Å². The first-order valence-electron chi connectivity index (χ1n) is 5.19. The summed E-state index contributed by atoms with van der Waals surface area (Å²) in [6, 6.07) is 4.34. The molecule has 2 rings (SSSR count). The largest absolute Gasteiger partial charge is 0.353 e. The van der Waals surface area contributed by atoms with Crippen molar-refractivity contribution in [1.82, 2.24) is 9.47 Å². The standard InChI is InChI=1S/C11H18N2/c1-12-7-5-6-11(12)10-13-8-3-2-4-9-13/h5-7H,2-4,8-10H2,1H3. The molecule has 0 radical (unpaired) electrons. The maximum atomic E-state index is 2.55. The summed E-state index contributed by atoms with van der Waals surface area (Å²) in [5.74, 6) is 0. The van der Waals surface area contributed by atoms with Gasteiger partial charge in [-0.2, -0.15) is 0 Å². The van der Waals surface area contributed by atoms with Crippen LogP contribution in [-0.2, 0) is 13.6 Å². The van der Waals surface area contributed by atoms with Gasteiger partial charge in [0.2, 0.25) is 0 Å². The Balaban J connectivity index is 1.93. The van der Waals surface area contributed by atoms with Gasteiger partial charge in [0.25, 0.3) is 0 Å². The highest BCUT2D eigenvalue weighted by molar-refractivity contribution is 5.06. The predicted molar refractivity (Wildman–Crippen MR) is 54.5 cm³/mol. The average molecular weight is 178 g/mol. The smallest absolute Gasteiger partial charge is 0.0387 e. The summed E-state index contributed by atoms with van der Waals surface area (Å²) in [4.78, 5) is 2.55. The molecule has 0 amide bonds. The molecule has 2 heterocycles. The summed E-state index contributed by atoms with van der Waals surface area (Å²) in [5, 5.41) is 0. The molecule has 0 atom stereocenters. The van der Waals surface area contributed by atoms with Crippen LogP contribution < -0.4 is 0 Å². The lowest BCUT2D eigenvalue weighted by molar-refractivity contribution is 0.216. The zero-order valence-electron chi connectivity index (χ0n) is 8.37. The monoisotopic (exact) mass is 178 g/mol. The molecule has 0 aromatic carbocycles. The van der Waals surface area contributed by atoms with Gasteiger partial charge in [0.15, 0.2) is 0 Å². The van der Waals surface area contributed by atoms with Gasteiger partial charge < -0.3 is 4.57 Å². The number of nitrogens with zero attached hydrogens (tertiary/aromatic N) is 2. The minimum Gasteiger partial charge on any atom is -0.353 e. The van der Waals surface area contributed by atoms with Crippen molar-refractivity contribution in [3.63, 3.8) is 0 Å². The Morgan fingerprint density at radius 2 is 2.00 bits per heavy atom. The third-order valence-corrected chi connectivity index (χ3v) is 2.89. The topological polar surface area (TPSA) is 8.17 Å². The number of piperidine rings is 1. The van der Waals surface area contributed by atoms with Crippen LogP contribution in [-0.4, -0.2) is 22.6 Å². The van der Waals surface area contributed by atoms with E-state index in [-0.39, 0.29) is 0 Å². The van der Waals surface area contributed by atoms with Crippen LogP contribution in [0.25, 0.3) is 0 Å². The molecule has 1 saturated heterocycles. The molecule has 0 bridgehead atoms. The van der Waals surface area contributed by atoms with Crippen LogP contribution in [0.5, 0.6) is 0 Å². The molecular formula is C11H18N2. The highest BCUT2D eigenvalue weighted by atomic mass is 15.1. The minimum atomic E-state index is 1.13. The molecule has 0 N–H and O–H groups in total. The van der Waals surface area contributed by atoms with E-state index in [1.54, 1.807) is 0 Å². The molecule has 1 aliphatic heterocycles. The second-order valence-corrected chi connectivity index (χ2v) is 3.95. The van der Waals surface area contributed by atoms with E-state index < -0.39 is 0 Å². The molecule has 1 fully saturated rings. The number of hydrogen-bond acceptors (Lipinski definition) is 1. The highest BCUT2D eigenvalue weighted by Gasteiger charge is 2.10. The molecule has 2 nitrogen and oxygen atoms in total. The first kappa shape index (κ1) is 8.82. The van der Waals surface area contributed by atoms with E-state index in [1.807, 2.05) is 0 Å². The lowest BCUT2D eigenvalue weighted by atomic mass is 10.1. The van der Waals surface area contributed by atoms with E-state index in [0.717, 1.165) is 6.54 Å². The van der Waals surface area contributed by atoms with E-state index in [4.69, 9.17) is 0 Å². The molecule has 72 valence electrons. The van der Waals surface area contributed by atoms with Crippen LogP contribution in [0.1, 0.15) is 25.0 Å². The van der Waals surface area contributed by atoms with Gasteiger partial charge >= 0.3 is 0 Å². The van der Waals surface area contributed by atoms with Crippen molar-refractivity contribution >= 4 is 0 Å². The molecule has 1 aromatic rings. The van der Waals surface area contributed by atoms with Crippen molar-refractivity contribution in [1.29, 1.82) is 0 Å². The van der Waals surface area contributed by atoms with Crippen LogP contribution in [0.2, 0.25) is 0 Å². The number of aromatic nitrogens is 1. The molecule has 0 unspecified atom stereocenters. The SMILES string of the molecule is Cn1cccc1CN1CCCCC1. The molecule has 0 aliphatic carbocycles. The van der Waals surface area contributed by atoms with Crippen LogP contribution in [0, 0.1) is 0 Å². The Kier molecular flexibility index (Phi) is 2.69. The van der Waals surface area contributed by atoms with E-state index in [9.17, 15) is 0 Å². The van der Waals surface area contributed by atoms with Gasteiger partial charge in [0.05, 0.1) is 0 Å². The number of rotatable bonds is 2. The van der Waals surface area contributed by atoms with Crippen molar-refractivity contribution in [3.05, 3.63) is 24.0 Å². The number of aryl methyl sites for hydroxylation is 1. The molecule has 1 aliphatic rings. The predicted octanol–water partition coefficient (Wildman–Crippen LogP) is 2.01. The second-order valence-electron chi connectivity index (χ2n) is 3.95. The Hall–Kier alpha value is -0.760. The number of hydrogen-bond donors (Lipinski definition) is 0. The summed E-state index contributed by atoms with van der Waals surface area (Å²) in [5.41, 5.74) is 1.43. The first-order valence-corrected chi connectivity index (χ1v) is 5.19. The second kappa shape index (κ2) is 3.97. The lowest BCUT2D eigenvalue weighted by Gasteiger charge is -2.26. The summed E-state index contributed by atoms with van der Waals surface area (Å²) in [7, 11) is 2.12. The van der Waals surface area contributed by atoms with Crippen molar-refractivity contribution in [3.8, 4) is 0 Å². The Morgan fingerprint density at radius 1 is 1.23 bits per heavy atom. The molecule has 0 spiro atoms. The maximum Gasteiger partial charge on any atom is 0.0387 e. The molecule has 1 aromatic heterocycles. The average Bonchev–Trinajstić information content (AvgIpc) is 2.54. The fourth-order valence-corrected chi connectivity index (χ4v) is 2.01. The lowest BCUT2D eigenvalue weighted by Crippen LogP contribution is -2.29. The van der Waals surface area contributed by atoms with Gasteiger partial charge in [-0.3, -0.25) is 4.90 Å². The fourth-order valence-electron chi connectivity index (χ4n) is 2.01. The first-order chi connectivity index (χ1) is 6.36. The third kappa shape index (κ3) is 2.13.